The summed E-state index contributed by atoms with van der Waals surface area (Å²) in [5.41, 5.74) is -0.227. The summed E-state index contributed by atoms with van der Waals surface area (Å²) in [7, 11) is -3.52. The van der Waals surface area contributed by atoms with Gasteiger partial charge >= 0.3 is 12.1 Å². The number of carbonyl (C=O) groups is 5. The van der Waals surface area contributed by atoms with Gasteiger partial charge in [0.25, 0.3) is 0 Å². The minimum absolute atomic E-state index is 0.0395. The average Bonchev–Trinajstić information content (AvgIpc) is 3.69. The number of aliphatic carboxylic acids is 1. The van der Waals surface area contributed by atoms with Crippen molar-refractivity contribution in [3.8, 4) is 0 Å². The second kappa shape index (κ2) is 16.1. The van der Waals surface area contributed by atoms with E-state index in [2.05, 4.69) is 36.6 Å². The highest BCUT2D eigenvalue weighted by atomic mass is 32.2. The number of nitrogens with one attached hydrogen (secondary N) is 4. The molecule has 17 nitrogen and oxygen atoms in total. The smallest absolute Gasteiger partial charge is 0.408 e. The van der Waals surface area contributed by atoms with Gasteiger partial charge in [-0.2, -0.15) is 0 Å². The van der Waals surface area contributed by atoms with Crippen LogP contribution in [0.5, 0.6) is 0 Å². The summed E-state index contributed by atoms with van der Waals surface area (Å²) < 4.78 is 28.6. The quantitative estimate of drug-likeness (QED) is 0.179. The van der Waals surface area contributed by atoms with E-state index in [1.54, 1.807) is 51.1 Å². The summed E-state index contributed by atoms with van der Waals surface area (Å²) >= 11 is 0. The zero-order chi connectivity index (χ0) is 34.8. The highest BCUT2D eigenvalue weighted by Crippen LogP contribution is 2.26. The Morgan fingerprint density at radius 1 is 1.13 bits per heavy atom. The van der Waals surface area contributed by atoms with E-state index in [9.17, 15) is 37.5 Å². The Morgan fingerprint density at radius 2 is 1.83 bits per heavy atom. The Balaban J connectivity index is 1.74. The molecule has 0 saturated carbocycles. The molecule has 1 aromatic heterocycles. The van der Waals surface area contributed by atoms with Crippen molar-refractivity contribution in [3.05, 3.63) is 53.2 Å². The monoisotopic (exact) mass is 676 g/mol. The molecule has 0 spiro atoms. The number of ether oxygens (including phenoxy) is 1. The van der Waals surface area contributed by atoms with Crippen LogP contribution in [0.15, 0.2) is 41.8 Å². The number of hydrogen-bond acceptors (Lipinski definition) is 11. The van der Waals surface area contributed by atoms with E-state index < -0.39 is 75.6 Å². The summed E-state index contributed by atoms with van der Waals surface area (Å²) in [5.74, 6) is -3.16. The van der Waals surface area contributed by atoms with E-state index in [1.165, 1.54) is 11.0 Å². The van der Waals surface area contributed by atoms with Crippen molar-refractivity contribution in [3.63, 3.8) is 0 Å². The highest BCUT2D eigenvalue weighted by Gasteiger charge is 2.43. The van der Waals surface area contributed by atoms with E-state index in [1.807, 2.05) is 0 Å². The van der Waals surface area contributed by atoms with Gasteiger partial charge in [0.2, 0.25) is 17.7 Å². The zero-order valence-electron chi connectivity index (χ0n) is 26.5. The number of aromatic nitrogens is 4. The minimum atomic E-state index is -3.52. The number of hydrogen-bond donors (Lipinski definition) is 5. The molecule has 1 aromatic carbocycles. The van der Waals surface area contributed by atoms with Crippen molar-refractivity contribution in [1.82, 2.24) is 41.5 Å². The Morgan fingerprint density at radius 3 is 2.43 bits per heavy atom. The van der Waals surface area contributed by atoms with Gasteiger partial charge in [0, 0.05) is 24.6 Å². The molecule has 0 unspecified atom stereocenters. The van der Waals surface area contributed by atoms with Crippen LogP contribution in [0.4, 0.5) is 4.79 Å². The number of nitrogens with zero attached hydrogens (tertiary/aromatic N) is 4. The molecular formula is C29H40N8O9S. The van der Waals surface area contributed by atoms with Gasteiger partial charge in [-0.1, -0.05) is 57.2 Å². The number of benzene rings is 1. The van der Waals surface area contributed by atoms with Crippen LogP contribution in [0.2, 0.25) is 0 Å². The fraction of sp³-hybridized carbons (Fsp3) is 0.517. The van der Waals surface area contributed by atoms with Crippen molar-refractivity contribution in [2.75, 3.05) is 12.8 Å². The lowest BCUT2D eigenvalue weighted by atomic mass is 9.85. The largest absolute Gasteiger partial charge is 0.481 e. The molecule has 4 amide bonds. The van der Waals surface area contributed by atoms with E-state index >= 15 is 0 Å². The topological polar surface area (TPSA) is 243 Å². The number of carboxylic acids is 1. The number of carbonyl (C=O) groups excluding carboxylic acids is 4. The maximum absolute atomic E-state index is 13.9. The molecule has 1 saturated heterocycles. The maximum atomic E-state index is 13.9. The maximum Gasteiger partial charge on any atom is 0.408 e. The first-order chi connectivity index (χ1) is 22.0. The van der Waals surface area contributed by atoms with Crippen LogP contribution >= 0.6 is 0 Å². The summed E-state index contributed by atoms with van der Waals surface area (Å²) in [6.45, 7) is 5.14. The number of sulfone groups is 1. The van der Waals surface area contributed by atoms with Gasteiger partial charge < -0.3 is 30.7 Å². The molecule has 3 rings (SSSR count). The van der Waals surface area contributed by atoms with Gasteiger partial charge in [-0.3, -0.25) is 19.2 Å². The third-order valence-corrected chi connectivity index (χ3v) is 7.78. The molecule has 18 heteroatoms. The highest BCUT2D eigenvalue weighted by molar-refractivity contribution is 7.93. The van der Waals surface area contributed by atoms with E-state index in [-0.39, 0.29) is 25.4 Å². The Hall–Kier alpha value is -4.87. The van der Waals surface area contributed by atoms with Gasteiger partial charge in [-0.15, -0.1) is 5.10 Å². The number of H-pyrrole nitrogens is 1. The Labute approximate surface area is 271 Å². The normalized spacial score (nSPS) is 17.0. The number of alkyl carbamates (subject to hydrolysis) is 1. The van der Waals surface area contributed by atoms with Crippen molar-refractivity contribution >= 4 is 39.6 Å². The molecule has 2 heterocycles. The van der Waals surface area contributed by atoms with Gasteiger partial charge in [0.1, 0.15) is 24.7 Å². The van der Waals surface area contributed by atoms with E-state index in [4.69, 9.17) is 4.74 Å². The number of rotatable bonds is 14. The van der Waals surface area contributed by atoms with Crippen molar-refractivity contribution in [1.29, 1.82) is 0 Å². The molecule has 4 atom stereocenters. The molecule has 256 valence electrons. The van der Waals surface area contributed by atoms with Crippen LogP contribution < -0.4 is 16.0 Å². The molecule has 1 aliphatic rings. The third-order valence-electron chi connectivity index (χ3n) is 7.13. The first-order valence-electron chi connectivity index (χ1n) is 14.7. The number of likely N-dealkylation sites (tertiary alicyclic amines) is 1. The summed E-state index contributed by atoms with van der Waals surface area (Å²) in [5, 5.41) is 31.2. The minimum Gasteiger partial charge on any atom is -0.481 e. The second-order valence-corrected chi connectivity index (χ2v) is 14.1. The molecular weight excluding hydrogens is 636 g/mol. The molecule has 2 aromatic rings. The predicted octanol–water partition coefficient (Wildman–Crippen LogP) is 0.0769. The van der Waals surface area contributed by atoms with Crippen LogP contribution in [0, 0.1) is 5.41 Å². The van der Waals surface area contributed by atoms with Gasteiger partial charge in [-0.05, 0) is 34.2 Å². The number of carboxylic acid groups (broad SMARTS) is 1. The molecule has 1 aliphatic heterocycles. The lowest BCUT2D eigenvalue weighted by molar-refractivity contribution is -0.145. The van der Waals surface area contributed by atoms with Crippen LogP contribution in [0.3, 0.4) is 0 Å². The SMILES string of the molecule is CC(C)(C)[C@H](NC(=O)[C@H](CC(=O)O)NC(=O)OCc1ccccc1)C(=O)N1CCC[C@@H]1C(=O)N[C@H](/C=C/S(C)(=O)=O)Cc1nnn[nH]1. The number of amides is 4. The molecule has 1 fully saturated rings. The lowest BCUT2D eigenvalue weighted by Crippen LogP contribution is -2.60. The van der Waals surface area contributed by atoms with Crippen LogP contribution in [0.1, 0.15) is 51.4 Å². The van der Waals surface area contributed by atoms with E-state index in [0.29, 0.717) is 18.4 Å². The van der Waals surface area contributed by atoms with Crippen LogP contribution in [0.25, 0.3) is 0 Å². The average molecular weight is 677 g/mol. The van der Waals surface area contributed by atoms with Crippen molar-refractivity contribution in [2.45, 2.75) is 77.2 Å². The lowest BCUT2D eigenvalue weighted by Gasteiger charge is -2.36. The zero-order valence-corrected chi connectivity index (χ0v) is 27.3. The van der Waals surface area contributed by atoms with E-state index in [0.717, 1.165) is 11.7 Å². The fourth-order valence-electron chi connectivity index (χ4n) is 4.81. The molecule has 0 radical (unpaired) electrons. The van der Waals surface area contributed by atoms with Crippen molar-refractivity contribution < 1.29 is 42.2 Å². The first-order valence-corrected chi connectivity index (χ1v) is 16.7. The van der Waals surface area contributed by atoms with Gasteiger partial charge in [-0.25, -0.2) is 18.3 Å². The predicted molar refractivity (Wildman–Crippen MR) is 166 cm³/mol. The fourth-order valence-corrected chi connectivity index (χ4v) is 5.28. The van der Waals surface area contributed by atoms with Crippen molar-refractivity contribution in [2.24, 2.45) is 5.41 Å². The van der Waals surface area contributed by atoms with Gasteiger partial charge in [0.05, 0.1) is 12.5 Å². The summed E-state index contributed by atoms with van der Waals surface area (Å²) in [6, 6.07) is 4.15. The molecule has 5 N–H and O–H groups in total. The first kappa shape index (κ1) is 36.6. The molecule has 47 heavy (non-hydrogen) atoms. The summed E-state index contributed by atoms with van der Waals surface area (Å²) in [6.07, 6.45) is 1.29. The summed E-state index contributed by atoms with van der Waals surface area (Å²) in [4.78, 5) is 66.1. The van der Waals surface area contributed by atoms with Gasteiger partial charge in [0.15, 0.2) is 15.7 Å². The Kier molecular flexibility index (Phi) is 12.5. The standard InChI is InChI=1S/C29H40N8O9S/c1-29(2,3)24(32-25(40)20(16-23(38)39)31-28(43)46-17-18-9-6-5-7-10-18)27(42)37-13-8-11-21(37)26(41)30-19(12-14-47(4,44)45)15-22-33-35-36-34-22/h5-7,9-10,12,14,19-21,24H,8,11,13,15-17H2,1-4H3,(H,30,41)(H,31,43)(H,32,40)(H,38,39)(H,33,34,35,36)/b14-12+/t19-,20+,21-,24-/m1/s1. The third kappa shape index (κ3) is 11.8. The molecule has 0 aliphatic carbocycles. The molecule has 0 bridgehead atoms. The van der Waals surface area contributed by atoms with Crippen LogP contribution in [-0.2, 0) is 46.8 Å². The number of aromatic amines is 1. The second-order valence-electron chi connectivity index (χ2n) is 12.2. The van der Waals surface area contributed by atoms with Crippen LogP contribution in [-0.4, -0.2) is 106 Å². The number of tetrazole rings is 1. The Bertz CT molecular complexity index is 1540.